The summed E-state index contributed by atoms with van der Waals surface area (Å²) in [6.07, 6.45) is 3.25. The molecule has 0 radical (unpaired) electrons. The van der Waals surface area contributed by atoms with Gasteiger partial charge in [-0.25, -0.2) is 14.8 Å². The number of hydrogen-bond acceptors (Lipinski definition) is 5. The van der Waals surface area contributed by atoms with E-state index >= 15 is 0 Å². The first kappa shape index (κ1) is 15.4. The fraction of sp³-hybridized carbons (Fsp3) is 0.500. The fourth-order valence-electron chi connectivity index (χ4n) is 1.44. The van der Waals surface area contributed by atoms with Crippen LogP contribution in [0.4, 0.5) is 0 Å². The second-order valence-corrected chi connectivity index (χ2v) is 4.47. The van der Waals surface area contributed by atoms with Crippen molar-refractivity contribution in [3.63, 3.8) is 0 Å². The second-order valence-electron chi connectivity index (χ2n) is 4.08. The number of nitrogens with zero attached hydrogens (tertiary/aromatic N) is 2. The topological polar surface area (TPSA) is 81.2 Å². The molecule has 0 aliphatic carbocycles. The minimum absolute atomic E-state index is 0.0448. The summed E-state index contributed by atoms with van der Waals surface area (Å²) in [6, 6.07) is -0.708. The van der Waals surface area contributed by atoms with E-state index in [1.54, 1.807) is 0 Å². The molecule has 1 N–H and O–H groups in total. The summed E-state index contributed by atoms with van der Waals surface area (Å²) in [5, 5.41) is 2.79. The molecule has 1 rings (SSSR count). The highest BCUT2D eigenvalue weighted by Crippen LogP contribution is 2.10. The van der Waals surface area contributed by atoms with Crippen molar-refractivity contribution in [1.29, 1.82) is 0 Å². The third kappa shape index (κ3) is 4.17. The van der Waals surface area contributed by atoms with Gasteiger partial charge in [0.25, 0.3) is 5.91 Å². The molecule has 0 saturated carbocycles. The van der Waals surface area contributed by atoms with Crippen LogP contribution in [0.1, 0.15) is 30.8 Å². The van der Waals surface area contributed by atoms with Crippen molar-refractivity contribution in [3.05, 3.63) is 23.2 Å². The molecule has 0 saturated heterocycles. The highest BCUT2D eigenvalue weighted by Gasteiger charge is 2.27. The van der Waals surface area contributed by atoms with Gasteiger partial charge < -0.3 is 10.1 Å². The summed E-state index contributed by atoms with van der Waals surface area (Å²) in [5.41, 5.74) is 0.0987. The number of aromatic nitrogens is 2. The SMILES string of the molecule is CCC(C)C(NC(=O)c1cnc(Cl)cn1)C(=O)OC. The van der Waals surface area contributed by atoms with Gasteiger partial charge in [0.1, 0.15) is 16.9 Å². The van der Waals surface area contributed by atoms with E-state index in [9.17, 15) is 9.59 Å². The van der Waals surface area contributed by atoms with Crippen molar-refractivity contribution < 1.29 is 14.3 Å². The maximum Gasteiger partial charge on any atom is 0.328 e. The summed E-state index contributed by atoms with van der Waals surface area (Å²) >= 11 is 5.59. The van der Waals surface area contributed by atoms with E-state index in [0.717, 1.165) is 6.42 Å². The lowest BCUT2D eigenvalue weighted by Crippen LogP contribution is -2.45. The maximum absolute atomic E-state index is 11.9. The molecule has 19 heavy (non-hydrogen) atoms. The van der Waals surface area contributed by atoms with Crippen molar-refractivity contribution in [1.82, 2.24) is 15.3 Å². The Labute approximate surface area is 116 Å². The number of nitrogens with one attached hydrogen (secondary N) is 1. The molecule has 7 heteroatoms. The molecule has 1 aromatic rings. The van der Waals surface area contributed by atoms with E-state index in [0.29, 0.717) is 0 Å². The third-order valence-electron chi connectivity index (χ3n) is 2.81. The number of methoxy groups -OCH3 is 1. The number of carbonyl (C=O) groups excluding carboxylic acids is 2. The van der Waals surface area contributed by atoms with Crippen molar-refractivity contribution in [2.24, 2.45) is 5.92 Å². The van der Waals surface area contributed by atoms with Crippen molar-refractivity contribution >= 4 is 23.5 Å². The normalized spacial score (nSPS) is 13.5. The Morgan fingerprint density at radius 1 is 1.42 bits per heavy atom. The molecule has 0 fully saturated rings. The Morgan fingerprint density at radius 2 is 2.11 bits per heavy atom. The largest absolute Gasteiger partial charge is 0.467 e. The zero-order valence-electron chi connectivity index (χ0n) is 11.0. The molecule has 6 nitrogen and oxygen atoms in total. The molecule has 0 aliphatic heterocycles. The molecular weight excluding hydrogens is 270 g/mol. The highest BCUT2D eigenvalue weighted by molar-refractivity contribution is 6.29. The van der Waals surface area contributed by atoms with Crippen LogP contribution >= 0.6 is 11.6 Å². The number of esters is 1. The average Bonchev–Trinajstić information content (AvgIpc) is 2.43. The molecule has 1 aromatic heterocycles. The highest BCUT2D eigenvalue weighted by atomic mass is 35.5. The number of carbonyl (C=O) groups is 2. The summed E-state index contributed by atoms with van der Waals surface area (Å²) in [5.74, 6) is -1.01. The van der Waals surface area contributed by atoms with E-state index in [-0.39, 0.29) is 16.8 Å². The van der Waals surface area contributed by atoms with Gasteiger partial charge in [0.15, 0.2) is 0 Å². The third-order valence-corrected chi connectivity index (χ3v) is 3.00. The van der Waals surface area contributed by atoms with Crippen LogP contribution in [0.2, 0.25) is 5.15 Å². The van der Waals surface area contributed by atoms with Crippen LogP contribution in [0.3, 0.4) is 0 Å². The van der Waals surface area contributed by atoms with Crippen molar-refractivity contribution in [3.8, 4) is 0 Å². The van der Waals surface area contributed by atoms with Crippen LogP contribution in [-0.4, -0.2) is 35.0 Å². The van der Waals surface area contributed by atoms with E-state index in [4.69, 9.17) is 11.6 Å². The summed E-state index contributed by atoms with van der Waals surface area (Å²) in [7, 11) is 1.28. The minimum atomic E-state index is -0.708. The lowest BCUT2D eigenvalue weighted by molar-refractivity contribution is -0.144. The van der Waals surface area contributed by atoms with Gasteiger partial charge in [-0.3, -0.25) is 4.79 Å². The van der Waals surface area contributed by atoms with Crippen molar-refractivity contribution in [2.45, 2.75) is 26.3 Å². The number of halogens is 1. The lowest BCUT2D eigenvalue weighted by atomic mass is 9.99. The molecule has 0 aliphatic rings. The Morgan fingerprint density at radius 3 is 2.58 bits per heavy atom. The lowest BCUT2D eigenvalue weighted by Gasteiger charge is -2.21. The molecule has 2 atom stereocenters. The molecule has 0 aromatic carbocycles. The summed E-state index contributed by atoms with van der Waals surface area (Å²) in [4.78, 5) is 31.2. The number of hydrogen-bond donors (Lipinski definition) is 1. The Balaban J connectivity index is 2.81. The molecule has 0 bridgehead atoms. The second kappa shape index (κ2) is 7.04. The van der Waals surface area contributed by atoms with Gasteiger partial charge in [0.05, 0.1) is 19.5 Å². The molecule has 0 spiro atoms. The van der Waals surface area contributed by atoms with Crippen LogP contribution in [0.5, 0.6) is 0 Å². The van der Waals surface area contributed by atoms with Gasteiger partial charge >= 0.3 is 5.97 Å². The molecule has 1 amide bonds. The summed E-state index contributed by atoms with van der Waals surface area (Å²) < 4.78 is 4.68. The van der Waals surface area contributed by atoms with Gasteiger partial charge in [-0.1, -0.05) is 31.9 Å². The molecule has 1 heterocycles. The van der Waals surface area contributed by atoms with Crippen LogP contribution in [0.25, 0.3) is 0 Å². The van der Waals surface area contributed by atoms with E-state index in [1.165, 1.54) is 19.5 Å². The number of rotatable bonds is 5. The van der Waals surface area contributed by atoms with E-state index in [1.807, 2.05) is 13.8 Å². The maximum atomic E-state index is 11.9. The average molecular weight is 286 g/mol. The van der Waals surface area contributed by atoms with Gasteiger partial charge in [-0.15, -0.1) is 0 Å². The Bertz CT molecular complexity index is 450. The van der Waals surface area contributed by atoms with Crippen molar-refractivity contribution in [2.75, 3.05) is 7.11 Å². The Kier molecular flexibility index (Phi) is 5.69. The first-order valence-electron chi connectivity index (χ1n) is 5.85. The monoisotopic (exact) mass is 285 g/mol. The van der Waals surface area contributed by atoms with Crippen LogP contribution in [0.15, 0.2) is 12.4 Å². The first-order valence-corrected chi connectivity index (χ1v) is 6.23. The predicted molar refractivity (Wildman–Crippen MR) is 69.8 cm³/mol. The van der Waals surface area contributed by atoms with Crippen LogP contribution in [-0.2, 0) is 9.53 Å². The van der Waals surface area contributed by atoms with Gasteiger partial charge in [-0.2, -0.15) is 0 Å². The van der Waals surface area contributed by atoms with Crippen LogP contribution in [0, 0.1) is 5.92 Å². The van der Waals surface area contributed by atoms with Gasteiger partial charge in [0.2, 0.25) is 0 Å². The molecule has 104 valence electrons. The van der Waals surface area contributed by atoms with E-state index in [2.05, 4.69) is 20.0 Å². The smallest absolute Gasteiger partial charge is 0.328 e. The predicted octanol–water partition coefficient (Wildman–Crippen LogP) is 1.45. The number of amides is 1. The molecular formula is C12H16ClN3O3. The Hall–Kier alpha value is -1.69. The zero-order chi connectivity index (χ0) is 14.4. The molecule has 2 unspecified atom stereocenters. The summed E-state index contributed by atoms with van der Waals surface area (Å²) in [6.45, 7) is 3.78. The van der Waals surface area contributed by atoms with Crippen LogP contribution < -0.4 is 5.32 Å². The van der Waals surface area contributed by atoms with Gasteiger partial charge in [0, 0.05) is 0 Å². The van der Waals surface area contributed by atoms with E-state index < -0.39 is 17.9 Å². The fourth-order valence-corrected chi connectivity index (χ4v) is 1.54. The van der Waals surface area contributed by atoms with Gasteiger partial charge in [-0.05, 0) is 5.92 Å². The standard InChI is InChI=1S/C12H16ClN3O3/c1-4-7(2)10(12(18)19-3)16-11(17)8-5-15-9(13)6-14-8/h5-7,10H,4H2,1-3H3,(H,16,17). The minimum Gasteiger partial charge on any atom is -0.467 e. The zero-order valence-corrected chi connectivity index (χ0v) is 11.8. The number of ether oxygens (including phenoxy) is 1. The first-order chi connectivity index (χ1) is 8.99. The quantitative estimate of drug-likeness (QED) is 0.828.